The molecule has 110 valence electrons. The van der Waals surface area contributed by atoms with Crippen molar-refractivity contribution in [2.75, 3.05) is 17.7 Å². The summed E-state index contributed by atoms with van der Waals surface area (Å²) >= 11 is 0. The minimum absolute atomic E-state index is 0.284. The fraction of sp³-hybridized carbons (Fsp3) is 0.188. The third-order valence-corrected chi connectivity index (χ3v) is 2.84. The van der Waals surface area contributed by atoms with Gasteiger partial charge in [-0.05, 0) is 36.8 Å². The van der Waals surface area contributed by atoms with Crippen molar-refractivity contribution < 1.29 is 13.9 Å². The van der Waals surface area contributed by atoms with Gasteiger partial charge in [0, 0.05) is 5.69 Å². The molecule has 0 aliphatic rings. The molecule has 0 saturated carbocycles. The zero-order valence-electron chi connectivity index (χ0n) is 11.7. The van der Waals surface area contributed by atoms with Gasteiger partial charge in [-0.25, -0.2) is 9.18 Å². The molecule has 0 aliphatic heterocycles. The lowest BCUT2D eigenvalue weighted by molar-refractivity contribution is 0.0506. The van der Waals surface area contributed by atoms with Gasteiger partial charge >= 0.3 is 5.97 Å². The number of anilines is 3. The van der Waals surface area contributed by atoms with Crippen molar-refractivity contribution in [3.05, 3.63) is 53.8 Å². The number of nitrogen functional groups attached to an aromatic ring is 1. The highest BCUT2D eigenvalue weighted by atomic mass is 19.1. The summed E-state index contributed by atoms with van der Waals surface area (Å²) in [6, 6.07) is 11.0. The van der Waals surface area contributed by atoms with E-state index in [0.717, 1.165) is 6.42 Å². The zero-order chi connectivity index (χ0) is 15.2. The smallest absolute Gasteiger partial charge is 0.340 e. The van der Waals surface area contributed by atoms with Gasteiger partial charge in [0.15, 0.2) is 0 Å². The number of esters is 1. The molecule has 5 heteroatoms. The molecule has 2 rings (SSSR count). The van der Waals surface area contributed by atoms with Crippen LogP contribution in [0.4, 0.5) is 21.5 Å². The quantitative estimate of drug-likeness (QED) is 0.650. The van der Waals surface area contributed by atoms with Gasteiger partial charge in [-0.15, -0.1) is 0 Å². The molecule has 0 atom stereocenters. The van der Waals surface area contributed by atoms with Crippen LogP contribution in [0.15, 0.2) is 42.5 Å². The summed E-state index contributed by atoms with van der Waals surface area (Å²) < 4.78 is 18.8. The number of nitrogens with one attached hydrogen (secondary N) is 1. The van der Waals surface area contributed by atoms with E-state index in [1.807, 2.05) is 6.92 Å². The maximum Gasteiger partial charge on any atom is 0.340 e. The Balaban J connectivity index is 2.31. The Morgan fingerprint density at radius 3 is 2.71 bits per heavy atom. The van der Waals surface area contributed by atoms with Crippen molar-refractivity contribution >= 4 is 23.0 Å². The van der Waals surface area contributed by atoms with E-state index in [2.05, 4.69) is 5.32 Å². The van der Waals surface area contributed by atoms with Crippen LogP contribution in [-0.4, -0.2) is 12.6 Å². The highest BCUT2D eigenvalue weighted by Gasteiger charge is 2.14. The molecule has 0 heterocycles. The predicted molar refractivity (Wildman–Crippen MR) is 81.1 cm³/mol. The Morgan fingerprint density at radius 2 is 2.00 bits per heavy atom. The molecule has 21 heavy (non-hydrogen) atoms. The number of halogens is 1. The minimum atomic E-state index is -0.483. The number of ether oxygens (including phenoxy) is 1. The fourth-order valence-corrected chi connectivity index (χ4v) is 1.82. The number of nitrogens with two attached hydrogens (primary N) is 1. The normalized spacial score (nSPS) is 10.2. The van der Waals surface area contributed by atoms with Crippen molar-refractivity contribution in [2.45, 2.75) is 13.3 Å². The standard InChI is InChI=1S/C16H17FN2O2/c1-2-9-21-16(20)12-10-11(18)7-8-14(12)19-15-6-4-3-5-13(15)17/h3-8,10,19H,2,9,18H2,1H3. The lowest BCUT2D eigenvalue weighted by Gasteiger charge is -2.13. The number of carbonyl (C=O) groups excluding carboxylic acids is 1. The Labute approximate surface area is 122 Å². The lowest BCUT2D eigenvalue weighted by atomic mass is 10.1. The van der Waals surface area contributed by atoms with Crippen molar-refractivity contribution in [3.8, 4) is 0 Å². The molecule has 0 radical (unpaired) electrons. The van der Waals surface area contributed by atoms with Crippen LogP contribution in [-0.2, 0) is 4.74 Å². The molecule has 0 aliphatic carbocycles. The molecule has 0 saturated heterocycles. The lowest BCUT2D eigenvalue weighted by Crippen LogP contribution is -2.10. The number of hydrogen-bond acceptors (Lipinski definition) is 4. The van der Waals surface area contributed by atoms with Crippen LogP contribution < -0.4 is 11.1 Å². The largest absolute Gasteiger partial charge is 0.462 e. The number of carbonyl (C=O) groups is 1. The predicted octanol–water partition coefficient (Wildman–Crippen LogP) is 3.72. The van der Waals surface area contributed by atoms with E-state index in [9.17, 15) is 9.18 Å². The van der Waals surface area contributed by atoms with Gasteiger partial charge < -0.3 is 15.8 Å². The number of benzene rings is 2. The summed E-state index contributed by atoms with van der Waals surface area (Å²) in [5, 5.41) is 2.89. The van der Waals surface area contributed by atoms with E-state index in [1.165, 1.54) is 12.1 Å². The summed E-state index contributed by atoms with van der Waals surface area (Å²) in [6.45, 7) is 2.23. The van der Waals surface area contributed by atoms with Crippen LogP contribution >= 0.6 is 0 Å². The highest BCUT2D eigenvalue weighted by Crippen LogP contribution is 2.25. The number of hydrogen-bond donors (Lipinski definition) is 2. The average molecular weight is 288 g/mol. The molecule has 0 bridgehead atoms. The van der Waals surface area contributed by atoms with E-state index < -0.39 is 11.8 Å². The highest BCUT2D eigenvalue weighted by molar-refractivity contribution is 5.97. The van der Waals surface area contributed by atoms with Crippen LogP contribution in [0.5, 0.6) is 0 Å². The summed E-state index contributed by atoms with van der Waals surface area (Å²) in [7, 11) is 0. The summed E-state index contributed by atoms with van der Waals surface area (Å²) in [4.78, 5) is 12.0. The van der Waals surface area contributed by atoms with Crippen molar-refractivity contribution in [3.63, 3.8) is 0 Å². The van der Waals surface area contributed by atoms with Crippen molar-refractivity contribution in [1.82, 2.24) is 0 Å². The molecule has 4 nitrogen and oxygen atoms in total. The van der Waals surface area contributed by atoms with E-state index in [-0.39, 0.29) is 11.3 Å². The third kappa shape index (κ3) is 3.72. The van der Waals surface area contributed by atoms with Gasteiger partial charge in [-0.3, -0.25) is 0 Å². The Kier molecular flexibility index (Phi) is 4.77. The maximum atomic E-state index is 13.7. The zero-order valence-corrected chi connectivity index (χ0v) is 11.7. The molecule has 2 aromatic carbocycles. The molecule has 0 aromatic heterocycles. The monoisotopic (exact) mass is 288 g/mol. The molecular weight excluding hydrogens is 271 g/mol. The minimum Gasteiger partial charge on any atom is -0.462 e. The third-order valence-electron chi connectivity index (χ3n) is 2.84. The first-order valence-corrected chi connectivity index (χ1v) is 6.70. The molecule has 0 fully saturated rings. The first-order valence-electron chi connectivity index (χ1n) is 6.70. The molecule has 3 N–H and O–H groups in total. The maximum absolute atomic E-state index is 13.7. The Hall–Kier alpha value is -2.56. The van der Waals surface area contributed by atoms with Gasteiger partial charge in [-0.1, -0.05) is 19.1 Å². The van der Waals surface area contributed by atoms with Crippen LogP contribution in [0.3, 0.4) is 0 Å². The molecule has 0 unspecified atom stereocenters. The first kappa shape index (κ1) is 14.8. The van der Waals surface area contributed by atoms with Gasteiger partial charge in [-0.2, -0.15) is 0 Å². The van der Waals surface area contributed by atoms with Crippen LogP contribution in [0, 0.1) is 5.82 Å². The number of para-hydroxylation sites is 1. The van der Waals surface area contributed by atoms with E-state index in [4.69, 9.17) is 10.5 Å². The second-order valence-corrected chi connectivity index (χ2v) is 4.55. The van der Waals surface area contributed by atoms with Crippen LogP contribution in [0.1, 0.15) is 23.7 Å². The van der Waals surface area contributed by atoms with E-state index >= 15 is 0 Å². The summed E-state index contributed by atoms with van der Waals surface area (Å²) in [5.74, 6) is -0.884. The SMILES string of the molecule is CCCOC(=O)c1cc(N)ccc1Nc1ccccc1F. The van der Waals surface area contributed by atoms with Gasteiger partial charge in [0.05, 0.1) is 23.5 Å². The molecule has 2 aromatic rings. The summed E-state index contributed by atoms with van der Waals surface area (Å²) in [6.07, 6.45) is 0.726. The van der Waals surface area contributed by atoms with E-state index in [1.54, 1.807) is 30.3 Å². The molecule has 0 spiro atoms. The topological polar surface area (TPSA) is 64.3 Å². The van der Waals surface area contributed by atoms with Crippen LogP contribution in [0.2, 0.25) is 0 Å². The second kappa shape index (κ2) is 6.74. The number of rotatable bonds is 5. The second-order valence-electron chi connectivity index (χ2n) is 4.55. The molecule has 0 amide bonds. The fourth-order valence-electron chi connectivity index (χ4n) is 1.82. The van der Waals surface area contributed by atoms with Gasteiger partial charge in [0.2, 0.25) is 0 Å². The van der Waals surface area contributed by atoms with Crippen molar-refractivity contribution in [2.24, 2.45) is 0 Å². The first-order chi connectivity index (χ1) is 10.1. The van der Waals surface area contributed by atoms with Crippen LogP contribution in [0.25, 0.3) is 0 Å². The summed E-state index contributed by atoms with van der Waals surface area (Å²) in [5.41, 5.74) is 7.17. The van der Waals surface area contributed by atoms with Gasteiger partial charge in [0.1, 0.15) is 5.82 Å². The van der Waals surface area contributed by atoms with Crippen molar-refractivity contribution in [1.29, 1.82) is 0 Å². The Morgan fingerprint density at radius 1 is 1.24 bits per heavy atom. The Bertz CT molecular complexity index is 644. The van der Waals surface area contributed by atoms with E-state index in [0.29, 0.717) is 18.0 Å². The average Bonchev–Trinajstić information content (AvgIpc) is 2.48. The molecular formula is C16H17FN2O2. The van der Waals surface area contributed by atoms with Gasteiger partial charge in [0.25, 0.3) is 0 Å².